The number of likely N-dealkylation sites (tertiary alicyclic amines) is 1. The Morgan fingerprint density at radius 2 is 2.15 bits per heavy atom. The van der Waals surface area contributed by atoms with Crippen molar-refractivity contribution in [3.63, 3.8) is 0 Å². The zero-order valence-corrected chi connectivity index (χ0v) is 15.8. The number of carbonyl (C=O) groups is 1. The number of morpholine rings is 1. The van der Waals surface area contributed by atoms with Gasteiger partial charge in [-0.1, -0.05) is 6.07 Å². The number of halogens is 1. The third kappa shape index (κ3) is 5.64. The number of nitrogens with zero attached hydrogens (tertiary/aromatic N) is 3. The van der Waals surface area contributed by atoms with Gasteiger partial charge in [-0.15, -0.1) is 0 Å². The Hall–Kier alpha value is -2.19. The molecule has 2 aliphatic rings. The Kier molecular flexibility index (Phi) is 7.00. The van der Waals surface area contributed by atoms with Gasteiger partial charge in [-0.05, 0) is 31.5 Å². The number of anilines is 1. The summed E-state index contributed by atoms with van der Waals surface area (Å²) in [7, 11) is 0. The van der Waals surface area contributed by atoms with Crippen molar-refractivity contribution in [2.45, 2.75) is 19.4 Å². The summed E-state index contributed by atoms with van der Waals surface area (Å²) in [6, 6.07) is 6.35. The second-order valence-electron chi connectivity index (χ2n) is 6.77. The molecule has 1 aromatic carbocycles. The molecule has 1 amide bonds. The summed E-state index contributed by atoms with van der Waals surface area (Å²) in [5.41, 5.74) is 0.439. The van der Waals surface area contributed by atoms with Gasteiger partial charge in [-0.2, -0.15) is 0 Å². The maximum Gasteiger partial charge on any atom is 0.246 e. The van der Waals surface area contributed by atoms with Gasteiger partial charge in [0.2, 0.25) is 5.91 Å². The molecule has 0 spiro atoms. The summed E-state index contributed by atoms with van der Waals surface area (Å²) >= 11 is 0. The van der Waals surface area contributed by atoms with E-state index in [4.69, 9.17) is 4.74 Å². The zero-order valence-electron chi connectivity index (χ0n) is 15.8. The smallest absolute Gasteiger partial charge is 0.246 e. The third-order valence-electron chi connectivity index (χ3n) is 4.84. The first-order valence-electron chi connectivity index (χ1n) is 9.56. The van der Waals surface area contributed by atoms with Crippen LogP contribution in [0.3, 0.4) is 0 Å². The average Bonchev–Trinajstić information content (AvgIpc) is 3.16. The number of guanidine groups is 1. The van der Waals surface area contributed by atoms with Crippen LogP contribution in [0.25, 0.3) is 0 Å². The first kappa shape index (κ1) is 19.6. The fraction of sp³-hybridized carbons (Fsp3) is 0.579. The first-order valence-corrected chi connectivity index (χ1v) is 9.56. The molecule has 3 rings (SSSR count). The van der Waals surface area contributed by atoms with Crippen LogP contribution >= 0.6 is 0 Å². The molecule has 1 aromatic rings. The lowest BCUT2D eigenvalue weighted by Gasteiger charge is -2.32. The second-order valence-corrected chi connectivity index (χ2v) is 6.77. The van der Waals surface area contributed by atoms with Crippen LogP contribution < -0.4 is 10.6 Å². The number of aliphatic imine (C=N–C) groups is 1. The van der Waals surface area contributed by atoms with E-state index in [9.17, 15) is 9.18 Å². The standard InChI is InChI=1S/C19H28FN5O2/c1-2-21-19(22-13-18(26)23-16-5-3-4-15(20)12-16)25-7-6-17(14-25)24-8-10-27-11-9-24/h3-5,12,17H,2,6-11,13-14H2,1H3,(H,21,22)(H,23,26). The lowest BCUT2D eigenvalue weighted by Crippen LogP contribution is -2.46. The minimum Gasteiger partial charge on any atom is -0.379 e. The van der Waals surface area contributed by atoms with E-state index in [2.05, 4.69) is 25.4 Å². The Morgan fingerprint density at radius 3 is 2.89 bits per heavy atom. The van der Waals surface area contributed by atoms with Gasteiger partial charge in [0.15, 0.2) is 5.96 Å². The molecular formula is C19H28FN5O2. The van der Waals surface area contributed by atoms with Crippen molar-refractivity contribution < 1.29 is 13.9 Å². The van der Waals surface area contributed by atoms with Gasteiger partial charge in [-0.25, -0.2) is 9.38 Å². The molecule has 0 saturated carbocycles. The molecular weight excluding hydrogens is 349 g/mol. The predicted octanol–water partition coefficient (Wildman–Crippen LogP) is 1.14. The van der Waals surface area contributed by atoms with Crippen molar-refractivity contribution >= 4 is 17.6 Å². The summed E-state index contributed by atoms with van der Waals surface area (Å²) in [4.78, 5) is 21.3. The Balaban J connectivity index is 1.55. The Morgan fingerprint density at radius 1 is 1.33 bits per heavy atom. The van der Waals surface area contributed by atoms with Crippen molar-refractivity contribution in [3.05, 3.63) is 30.1 Å². The zero-order chi connectivity index (χ0) is 19.1. The topological polar surface area (TPSA) is 69.2 Å². The van der Waals surface area contributed by atoms with Crippen molar-refractivity contribution in [1.29, 1.82) is 0 Å². The number of nitrogens with one attached hydrogen (secondary N) is 2. The normalized spacial score (nSPS) is 21.3. The van der Waals surface area contributed by atoms with E-state index in [1.165, 1.54) is 12.1 Å². The molecule has 2 aliphatic heterocycles. The molecule has 0 bridgehead atoms. The summed E-state index contributed by atoms with van der Waals surface area (Å²) in [6.45, 7) is 8.11. The van der Waals surface area contributed by atoms with Gasteiger partial charge in [0, 0.05) is 44.5 Å². The van der Waals surface area contributed by atoms with Crippen LogP contribution in [-0.2, 0) is 9.53 Å². The highest BCUT2D eigenvalue weighted by atomic mass is 19.1. The number of amides is 1. The highest BCUT2D eigenvalue weighted by Gasteiger charge is 2.30. The van der Waals surface area contributed by atoms with Gasteiger partial charge >= 0.3 is 0 Å². The minimum atomic E-state index is -0.379. The van der Waals surface area contributed by atoms with Gasteiger partial charge in [0.1, 0.15) is 12.4 Å². The summed E-state index contributed by atoms with van der Waals surface area (Å²) in [5.74, 6) is 0.110. The SMILES string of the molecule is CCNC(=NCC(=O)Nc1cccc(F)c1)N1CCC(N2CCOCC2)C1. The van der Waals surface area contributed by atoms with E-state index in [0.717, 1.165) is 58.3 Å². The molecule has 1 unspecified atom stereocenters. The number of hydrogen-bond donors (Lipinski definition) is 2. The lowest BCUT2D eigenvalue weighted by molar-refractivity contribution is -0.114. The van der Waals surface area contributed by atoms with E-state index in [1.54, 1.807) is 12.1 Å². The molecule has 1 atom stereocenters. The fourth-order valence-corrected chi connectivity index (χ4v) is 3.51. The van der Waals surface area contributed by atoms with Crippen LogP contribution in [0.15, 0.2) is 29.3 Å². The molecule has 0 radical (unpaired) electrons. The van der Waals surface area contributed by atoms with Crippen molar-refractivity contribution in [1.82, 2.24) is 15.1 Å². The minimum absolute atomic E-state index is 0.00241. The van der Waals surface area contributed by atoms with Crippen molar-refractivity contribution in [2.75, 3.05) is 57.8 Å². The largest absolute Gasteiger partial charge is 0.379 e. The molecule has 2 saturated heterocycles. The van der Waals surface area contributed by atoms with Gasteiger partial charge < -0.3 is 20.3 Å². The van der Waals surface area contributed by atoms with Crippen LogP contribution in [0, 0.1) is 5.82 Å². The highest BCUT2D eigenvalue weighted by Crippen LogP contribution is 2.17. The van der Waals surface area contributed by atoms with E-state index in [-0.39, 0.29) is 18.3 Å². The molecule has 2 N–H and O–H groups in total. The molecule has 8 heteroatoms. The van der Waals surface area contributed by atoms with Crippen LogP contribution in [0.4, 0.5) is 10.1 Å². The number of hydrogen-bond acceptors (Lipinski definition) is 4. The van der Waals surface area contributed by atoms with E-state index < -0.39 is 0 Å². The van der Waals surface area contributed by atoms with Gasteiger partial charge in [0.05, 0.1) is 13.2 Å². The molecule has 0 aromatic heterocycles. The monoisotopic (exact) mass is 377 g/mol. The van der Waals surface area contributed by atoms with Crippen molar-refractivity contribution in [2.24, 2.45) is 4.99 Å². The molecule has 148 valence electrons. The fourth-order valence-electron chi connectivity index (χ4n) is 3.51. The molecule has 2 heterocycles. The summed E-state index contributed by atoms with van der Waals surface area (Å²) in [5, 5.41) is 5.95. The molecule has 2 fully saturated rings. The average molecular weight is 377 g/mol. The predicted molar refractivity (Wildman–Crippen MR) is 103 cm³/mol. The van der Waals surface area contributed by atoms with Crippen LogP contribution in [0.1, 0.15) is 13.3 Å². The van der Waals surface area contributed by atoms with E-state index in [1.807, 2.05) is 6.92 Å². The van der Waals surface area contributed by atoms with Crippen LogP contribution in [0.2, 0.25) is 0 Å². The lowest BCUT2D eigenvalue weighted by atomic mass is 10.2. The van der Waals surface area contributed by atoms with Gasteiger partial charge in [-0.3, -0.25) is 9.69 Å². The van der Waals surface area contributed by atoms with E-state index in [0.29, 0.717) is 11.7 Å². The summed E-state index contributed by atoms with van der Waals surface area (Å²) in [6.07, 6.45) is 1.08. The number of ether oxygens (including phenoxy) is 1. The Labute approximate surface area is 159 Å². The number of rotatable bonds is 5. The van der Waals surface area contributed by atoms with E-state index >= 15 is 0 Å². The van der Waals surface area contributed by atoms with Crippen molar-refractivity contribution in [3.8, 4) is 0 Å². The third-order valence-corrected chi connectivity index (χ3v) is 4.84. The molecule has 0 aliphatic carbocycles. The highest BCUT2D eigenvalue weighted by molar-refractivity contribution is 5.94. The molecule has 27 heavy (non-hydrogen) atoms. The maximum atomic E-state index is 13.2. The number of benzene rings is 1. The number of carbonyl (C=O) groups excluding carboxylic acids is 1. The van der Waals surface area contributed by atoms with Crippen LogP contribution in [-0.4, -0.2) is 80.2 Å². The quantitative estimate of drug-likeness (QED) is 0.595. The maximum absolute atomic E-state index is 13.2. The second kappa shape index (κ2) is 9.66. The summed E-state index contributed by atoms with van der Waals surface area (Å²) < 4.78 is 18.7. The first-order chi connectivity index (χ1) is 13.2. The molecule has 7 nitrogen and oxygen atoms in total. The Bertz CT molecular complexity index is 663. The van der Waals surface area contributed by atoms with Crippen LogP contribution in [0.5, 0.6) is 0 Å². The van der Waals surface area contributed by atoms with Gasteiger partial charge in [0.25, 0.3) is 0 Å².